The molecule has 3 aliphatic rings. The topological polar surface area (TPSA) is 380 Å². The van der Waals surface area contributed by atoms with Gasteiger partial charge in [-0.2, -0.15) is 0 Å². The molecule has 19 atom stereocenters. The van der Waals surface area contributed by atoms with Crippen LogP contribution in [0.15, 0.2) is 109 Å². The molecule has 0 radical (unpaired) electrons. The van der Waals surface area contributed by atoms with Gasteiger partial charge < -0.3 is 86.6 Å². The zero-order chi connectivity index (χ0) is 58.4. The van der Waals surface area contributed by atoms with Gasteiger partial charge in [-0.1, -0.05) is 98.9 Å². The third-order valence-electron chi connectivity index (χ3n) is 14.1. The van der Waals surface area contributed by atoms with E-state index in [1.165, 1.54) is 13.0 Å². The summed E-state index contributed by atoms with van der Waals surface area (Å²) in [6, 6.07) is 5.21. The monoisotopic (exact) mass is 1110 g/mol. The quantitative estimate of drug-likeness (QED) is 0.0908. The van der Waals surface area contributed by atoms with Gasteiger partial charge in [-0.05, 0) is 69.2 Å². The molecule has 0 aliphatic carbocycles. The first-order valence-electron chi connectivity index (χ1n) is 26.9. The maximum atomic E-state index is 13.3. The van der Waals surface area contributed by atoms with Crippen molar-refractivity contribution < 1.29 is 94.3 Å². The molecular weight excluding hydrogens is 1030 g/mol. The number of carbonyl (C=O) groups excluding carboxylic acids is 3. The van der Waals surface area contributed by atoms with E-state index < -0.39 is 172 Å². The number of carboxylic acid groups (broad SMARTS) is 1. The van der Waals surface area contributed by atoms with Gasteiger partial charge in [0.2, 0.25) is 0 Å². The Balaban J connectivity index is 1.54. The Morgan fingerprint density at radius 1 is 0.709 bits per heavy atom. The number of ketones is 2. The van der Waals surface area contributed by atoms with Crippen molar-refractivity contribution in [3.63, 3.8) is 0 Å². The molecule has 0 spiro atoms. The summed E-state index contributed by atoms with van der Waals surface area (Å²) in [6.45, 7) is 5.20. The summed E-state index contributed by atoms with van der Waals surface area (Å²) in [5.41, 5.74) is 12.7. The number of carboxylic acids is 1. The average molecular weight is 1110 g/mol. The van der Waals surface area contributed by atoms with Crippen molar-refractivity contribution in [1.29, 1.82) is 0 Å². The Kier molecular flexibility index (Phi) is 27.7. The number of hydrogen-bond acceptors (Lipinski definition) is 20. The molecule has 0 amide bonds. The number of rotatable bonds is 10. The third kappa shape index (κ3) is 23.1. The second-order valence-corrected chi connectivity index (χ2v) is 21.2. The van der Waals surface area contributed by atoms with Crippen molar-refractivity contribution in [3.8, 4) is 0 Å². The van der Waals surface area contributed by atoms with Crippen LogP contribution in [0.4, 0.5) is 5.69 Å². The van der Waals surface area contributed by atoms with Crippen LogP contribution < -0.4 is 11.5 Å². The van der Waals surface area contributed by atoms with Crippen LogP contribution >= 0.6 is 0 Å². The summed E-state index contributed by atoms with van der Waals surface area (Å²) in [5.74, 6) is -7.81. The van der Waals surface area contributed by atoms with Crippen molar-refractivity contribution in [1.82, 2.24) is 0 Å². The number of aliphatic carboxylic acids is 1. The summed E-state index contributed by atoms with van der Waals surface area (Å²) in [7, 11) is 0. The second kappa shape index (κ2) is 33.0. The van der Waals surface area contributed by atoms with Gasteiger partial charge in [0, 0.05) is 55.7 Å². The second-order valence-electron chi connectivity index (χ2n) is 21.2. The van der Waals surface area contributed by atoms with Gasteiger partial charge in [0.15, 0.2) is 17.9 Å². The highest BCUT2D eigenvalue weighted by molar-refractivity contribution is 5.96. The van der Waals surface area contributed by atoms with Crippen molar-refractivity contribution in [2.45, 2.75) is 195 Å². The minimum absolute atomic E-state index is 0.128. The lowest BCUT2D eigenvalue weighted by Crippen LogP contribution is -2.61. The van der Waals surface area contributed by atoms with Crippen molar-refractivity contribution >= 4 is 29.2 Å². The predicted molar refractivity (Wildman–Crippen MR) is 290 cm³/mol. The van der Waals surface area contributed by atoms with Crippen molar-refractivity contribution in [2.75, 3.05) is 5.73 Å². The maximum absolute atomic E-state index is 13.3. The molecule has 0 aromatic heterocycles. The fourth-order valence-electron chi connectivity index (χ4n) is 9.90. The van der Waals surface area contributed by atoms with Gasteiger partial charge in [0.25, 0.3) is 0 Å². The lowest BCUT2D eigenvalue weighted by Gasteiger charge is -2.45. The van der Waals surface area contributed by atoms with E-state index in [2.05, 4.69) is 0 Å². The van der Waals surface area contributed by atoms with Crippen LogP contribution in [0.5, 0.6) is 0 Å². The van der Waals surface area contributed by atoms with E-state index in [0.717, 1.165) is 0 Å². The van der Waals surface area contributed by atoms with E-state index in [9.17, 15) is 75.3 Å². The smallest absolute Gasteiger partial charge is 0.311 e. The summed E-state index contributed by atoms with van der Waals surface area (Å²) in [5, 5.41) is 119. The Bertz CT molecular complexity index is 2280. The number of ether oxygens (including phenoxy) is 4. The van der Waals surface area contributed by atoms with E-state index in [4.69, 9.17) is 30.4 Å². The van der Waals surface area contributed by atoms with Crippen molar-refractivity contribution in [3.05, 3.63) is 115 Å². The van der Waals surface area contributed by atoms with Gasteiger partial charge in [-0.25, -0.2) is 0 Å². The highest BCUT2D eigenvalue weighted by Crippen LogP contribution is 2.38. The SMILES string of the molecule is CC1/C=C/C=C/C=C/C=C/C=C/C=C/C=C/C(O[C@H]2O[C@@H](C)[C@H](O)[C@@H](N)[C@H]2O)CC2OC(O)(CC(O)CC(O)CC(O)CC(O)CC(=O)CC(O)CC(=O)OC1C(C)CCC(O)CC(=O)c1ccc(N)cc1)CC(O)C2C(=O)O. The zero-order valence-corrected chi connectivity index (χ0v) is 45.1. The number of nitrogen functional groups attached to an aromatic ring is 1. The highest BCUT2D eigenvalue weighted by Gasteiger charge is 2.51. The minimum atomic E-state index is -2.34. The fraction of sp³-hybridized carbons (Fsp3) is 0.586. The number of fused-ring (bicyclic) bond motifs is 2. The zero-order valence-electron chi connectivity index (χ0n) is 45.1. The van der Waals surface area contributed by atoms with Gasteiger partial charge in [0.05, 0.1) is 79.6 Å². The summed E-state index contributed by atoms with van der Waals surface area (Å²) in [4.78, 5) is 51.6. The number of esters is 1. The number of hydrogen-bond donors (Lipinski definition) is 13. The van der Waals surface area contributed by atoms with E-state index >= 15 is 0 Å². The Hall–Kier alpha value is -5.08. The third-order valence-corrected chi connectivity index (χ3v) is 14.1. The van der Waals surface area contributed by atoms with Crippen LogP contribution in [0.2, 0.25) is 0 Å². The van der Waals surface area contributed by atoms with Crippen LogP contribution in [-0.4, -0.2) is 177 Å². The molecule has 1 aromatic carbocycles. The molecule has 3 aliphatic heterocycles. The maximum Gasteiger partial charge on any atom is 0.311 e. The lowest BCUT2D eigenvalue weighted by molar-refractivity contribution is -0.308. The van der Waals surface area contributed by atoms with Crippen LogP contribution in [-0.2, 0) is 33.3 Å². The molecule has 15 N–H and O–H groups in total. The van der Waals surface area contributed by atoms with Gasteiger partial charge >= 0.3 is 11.9 Å². The molecule has 2 fully saturated rings. The first kappa shape index (κ1) is 66.4. The molecule has 21 nitrogen and oxygen atoms in total. The van der Waals surface area contributed by atoms with Gasteiger partial charge in [-0.15, -0.1) is 0 Å². The molecule has 2 bridgehead atoms. The number of benzene rings is 1. The summed E-state index contributed by atoms with van der Waals surface area (Å²) < 4.78 is 23.7. The molecule has 1 aromatic rings. The number of aliphatic hydroxyl groups excluding tert-OH is 9. The van der Waals surface area contributed by atoms with Crippen molar-refractivity contribution in [2.24, 2.45) is 23.5 Å². The van der Waals surface area contributed by atoms with E-state index in [1.807, 2.05) is 19.9 Å². The fourth-order valence-corrected chi connectivity index (χ4v) is 9.90. The van der Waals surface area contributed by atoms with Crippen LogP contribution in [0, 0.1) is 17.8 Å². The molecule has 440 valence electrons. The molecule has 3 heterocycles. The molecule has 79 heavy (non-hydrogen) atoms. The summed E-state index contributed by atoms with van der Waals surface area (Å²) >= 11 is 0. The minimum Gasteiger partial charge on any atom is -0.481 e. The molecule has 14 unspecified atom stereocenters. The van der Waals surface area contributed by atoms with Gasteiger partial charge in [-0.3, -0.25) is 19.2 Å². The number of nitrogens with two attached hydrogens (primary N) is 2. The number of carbonyl (C=O) groups is 4. The average Bonchev–Trinajstić information content (AvgIpc) is 3.35. The Morgan fingerprint density at radius 2 is 1.25 bits per heavy atom. The summed E-state index contributed by atoms with van der Waals surface area (Å²) in [6.07, 6.45) is 1.70. The van der Waals surface area contributed by atoms with Crippen LogP contribution in [0.3, 0.4) is 0 Å². The molecule has 2 saturated heterocycles. The predicted octanol–water partition coefficient (Wildman–Crippen LogP) is 2.29. The normalized spacial score (nSPS) is 38.4. The number of Topliss-reactive ketones (excluding diaryl/α,β-unsaturated/α-hetero) is 2. The molecule has 21 heteroatoms. The van der Waals surface area contributed by atoms with E-state index in [1.54, 1.807) is 97.2 Å². The van der Waals surface area contributed by atoms with E-state index in [0.29, 0.717) is 17.7 Å². The molecular formula is C58H84N2O19. The standard InChI is InChI=1S/C58H84N2O19/c1-34-16-14-12-10-8-6-4-5-7-9-11-13-15-17-46(77-57-54(72)52(60)53(71)36(3)76-57)31-49-51(56(73)74)48(69)33-58(75,79-49)32-45(67)28-43(65)26-41(63)24-40(62)25-42(64)27-44(66)30-50(70)78-55(34)35(2)18-23-39(61)29-47(68)37-19-21-38(59)22-20-37/h4-17,19-22,34-36,39-41,43-46,48-49,51-55,57,61-63,65-67,69,71-72,75H,18,23-33,59-60H2,1-3H3,(H,73,74)/b5-4+,8-6+,9-7+,12-10+,13-11+,16-14+,17-15+/t34?,35?,36-,39?,40?,41?,43?,44?,45?,46?,48?,49?,51?,52+,53-,54+,55?,57+,58?/m0/s1. The lowest BCUT2D eigenvalue weighted by atomic mass is 9.82. The van der Waals surface area contributed by atoms with Crippen LogP contribution in [0.25, 0.3) is 0 Å². The molecule has 4 rings (SSSR count). The number of anilines is 1. The first-order valence-corrected chi connectivity index (χ1v) is 26.9. The van der Waals surface area contributed by atoms with Gasteiger partial charge in [0.1, 0.15) is 23.9 Å². The Labute approximate surface area is 461 Å². The van der Waals surface area contributed by atoms with Crippen LogP contribution in [0.1, 0.15) is 108 Å². The van der Waals surface area contributed by atoms with E-state index in [-0.39, 0.29) is 36.9 Å². The first-order chi connectivity index (χ1) is 37.3. The largest absolute Gasteiger partial charge is 0.481 e. The molecule has 0 saturated carbocycles. The highest BCUT2D eigenvalue weighted by atomic mass is 16.7. The Morgan fingerprint density at radius 3 is 1.85 bits per heavy atom. The number of cyclic esters (lactones) is 1. The number of aliphatic hydroxyl groups is 10. The number of allylic oxidation sites excluding steroid dienone is 12.